The summed E-state index contributed by atoms with van der Waals surface area (Å²) in [4.78, 5) is 17.1. The van der Waals surface area contributed by atoms with Crippen LogP contribution in [-0.2, 0) is 11.3 Å². The van der Waals surface area contributed by atoms with Crippen LogP contribution in [0.2, 0.25) is 0 Å². The van der Waals surface area contributed by atoms with E-state index in [2.05, 4.69) is 23.3 Å². The third-order valence-corrected chi connectivity index (χ3v) is 8.01. The standard InChI is InChI=1S/C20H24N4OS/c1-12(20-8-13-5-14(9-20)7-15(6-13)10-20)4-17(25)22-18-16(11-21)24-2-3-26-19(24)23-18/h4,13-15H,2-3,5-10H2,1H3,(H,22,25)/b12-4-. The second-order valence-electron chi connectivity index (χ2n) is 8.72. The number of nitrogens with zero attached hydrogens (tertiary/aromatic N) is 3. The summed E-state index contributed by atoms with van der Waals surface area (Å²) < 4.78 is 1.90. The van der Waals surface area contributed by atoms with Crippen LogP contribution in [0.25, 0.3) is 0 Å². The van der Waals surface area contributed by atoms with Gasteiger partial charge >= 0.3 is 0 Å². The lowest BCUT2D eigenvalue weighted by atomic mass is 9.48. The van der Waals surface area contributed by atoms with Crippen molar-refractivity contribution in [3.8, 4) is 6.07 Å². The van der Waals surface area contributed by atoms with Crippen molar-refractivity contribution in [1.82, 2.24) is 9.55 Å². The first-order valence-electron chi connectivity index (χ1n) is 9.69. The minimum Gasteiger partial charge on any atom is -0.308 e. The molecule has 2 heterocycles. The maximum Gasteiger partial charge on any atom is 0.249 e. The van der Waals surface area contributed by atoms with Gasteiger partial charge in [-0.2, -0.15) is 5.26 Å². The second-order valence-corrected chi connectivity index (χ2v) is 9.78. The number of amides is 1. The van der Waals surface area contributed by atoms with Crippen LogP contribution in [0.5, 0.6) is 0 Å². The third-order valence-electron chi connectivity index (χ3n) is 7.05. The fourth-order valence-electron chi connectivity index (χ4n) is 6.27. The van der Waals surface area contributed by atoms with Gasteiger partial charge in [-0.25, -0.2) is 4.98 Å². The number of rotatable bonds is 3. The Hall–Kier alpha value is -1.74. The van der Waals surface area contributed by atoms with Gasteiger partial charge in [0.05, 0.1) is 0 Å². The molecule has 1 aliphatic heterocycles. The molecular formula is C20H24N4OS. The molecule has 4 bridgehead atoms. The topological polar surface area (TPSA) is 70.7 Å². The maximum absolute atomic E-state index is 12.7. The number of imidazole rings is 1. The van der Waals surface area contributed by atoms with Gasteiger partial charge in [-0.15, -0.1) is 0 Å². The van der Waals surface area contributed by atoms with Crippen LogP contribution in [0, 0.1) is 34.5 Å². The first-order chi connectivity index (χ1) is 12.6. The summed E-state index contributed by atoms with van der Waals surface area (Å²) in [5, 5.41) is 13.1. The highest BCUT2D eigenvalue weighted by Gasteiger charge is 2.51. The number of hydrogen-bond donors (Lipinski definition) is 1. The van der Waals surface area contributed by atoms with Crippen LogP contribution in [-0.4, -0.2) is 21.2 Å². The zero-order valence-electron chi connectivity index (χ0n) is 15.1. The number of hydrogen-bond acceptors (Lipinski definition) is 4. The Balaban J connectivity index is 1.36. The SMILES string of the molecule is C/C(=C/C(=O)Nc1nc2n(c1C#N)CCS2)C12CC3CC(CC(C3)C1)C2. The smallest absolute Gasteiger partial charge is 0.249 e. The minimum absolute atomic E-state index is 0.142. The molecule has 136 valence electrons. The highest BCUT2D eigenvalue weighted by Crippen LogP contribution is 2.62. The average Bonchev–Trinajstić information content (AvgIpc) is 3.13. The Labute approximate surface area is 158 Å². The lowest BCUT2D eigenvalue weighted by Gasteiger charge is -2.57. The number of nitrogens with one attached hydrogen (secondary N) is 1. The van der Waals surface area contributed by atoms with E-state index >= 15 is 0 Å². The van der Waals surface area contributed by atoms with Crippen molar-refractivity contribution in [2.24, 2.45) is 23.2 Å². The fraction of sp³-hybridized carbons (Fsp3) is 0.650. The van der Waals surface area contributed by atoms with Gasteiger partial charge in [0.2, 0.25) is 5.91 Å². The van der Waals surface area contributed by atoms with Gasteiger partial charge in [0, 0.05) is 18.4 Å². The molecule has 4 fully saturated rings. The van der Waals surface area contributed by atoms with Gasteiger partial charge in [0.1, 0.15) is 6.07 Å². The summed E-state index contributed by atoms with van der Waals surface area (Å²) in [5.74, 6) is 3.81. The molecule has 0 atom stereocenters. The van der Waals surface area contributed by atoms with E-state index in [-0.39, 0.29) is 11.3 Å². The lowest BCUT2D eigenvalue weighted by Crippen LogP contribution is -2.46. The van der Waals surface area contributed by atoms with Gasteiger partial charge in [-0.3, -0.25) is 4.79 Å². The summed E-state index contributed by atoms with van der Waals surface area (Å²) in [5.41, 5.74) is 1.95. The number of nitriles is 1. The van der Waals surface area contributed by atoms with Gasteiger partial charge < -0.3 is 9.88 Å². The van der Waals surface area contributed by atoms with E-state index in [9.17, 15) is 10.1 Å². The molecule has 0 saturated heterocycles. The Kier molecular flexibility index (Phi) is 3.72. The Morgan fingerprint density at radius 2 is 1.96 bits per heavy atom. The van der Waals surface area contributed by atoms with Crippen molar-refractivity contribution >= 4 is 23.5 Å². The Morgan fingerprint density at radius 3 is 2.58 bits per heavy atom. The van der Waals surface area contributed by atoms with E-state index in [1.807, 2.05) is 4.57 Å². The van der Waals surface area contributed by atoms with Crippen molar-refractivity contribution < 1.29 is 4.79 Å². The van der Waals surface area contributed by atoms with E-state index in [1.54, 1.807) is 17.8 Å². The Bertz CT molecular complexity index is 811. The van der Waals surface area contributed by atoms with E-state index in [0.29, 0.717) is 11.5 Å². The van der Waals surface area contributed by atoms with E-state index in [0.717, 1.165) is 35.2 Å². The molecule has 4 aliphatic carbocycles. The van der Waals surface area contributed by atoms with Gasteiger partial charge in [0.25, 0.3) is 0 Å². The molecule has 1 N–H and O–H groups in total. The van der Waals surface area contributed by atoms with E-state index in [4.69, 9.17) is 0 Å². The van der Waals surface area contributed by atoms with Crippen molar-refractivity contribution in [3.05, 3.63) is 17.3 Å². The molecule has 5 aliphatic rings. The predicted molar refractivity (Wildman–Crippen MR) is 101 cm³/mol. The van der Waals surface area contributed by atoms with Crippen molar-refractivity contribution in [3.63, 3.8) is 0 Å². The first-order valence-corrected chi connectivity index (χ1v) is 10.7. The molecule has 6 heteroatoms. The summed E-state index contributed by atoms with van der Waals surface area (Å²) >= 11 is 1.63. The number of carbonyl (C=O) groups excluding carboxylic acids is 1. The first kappa shape index (κ1) is 16.4. The molecule has 1 amide bonds. The number of fused-ring (bicyclic) bond motifs is 1. The summed E-state index contributed by atoms with van der Waals surface area (Å²) in [7, 11) is 0. The van der Waals surface area contributed by atoms with Gasteiger partial charge in [-0.05, 0) is 68.6 Å². The molecule has 4 saturated carbocycles. The molecule has 0 radical (unpaired) electrons. The van der Waals surface area contributed by atoms with E-state index in [1.165, 1.54) is 44.1 Å². The third kappa shape index (κ3) is 2.51. The molecule has 0 spiro atoms. The normalized spacial score (nSPS) is 34.6. The highest BCUT2D eigenvalue weighted by molar-refractivity contribution is 7.99. The van der Waals surface area contributed by atoms with Crippen LogP contribution < -0.4 is 5.32 Å². The van der Waals surface area contributed by atoms with Crippen molar-refractivity contribution in [2.75, 3.05) is 11.1 Å². The molecule has 0 aromatic carbocycles. The molecular weight excluding hydrogens is 344 g/mol. The van der Waals surface area contributed by atoms with Crippen LogP contribution in [0.3, 0.4) is 0 Å². The second kappa shape index (κ2) is 5.88. The molecule has 26 heavy (non-hydrogen) atoms. The maximum atomic E-state index is 12.7. The van der Waals surface area contributed by atoms with E-state index < -0.39 is 0 Å². The summed E-state index contributed by atoms with van der Waals surface area (Å²) in [6.07, 6.45) is 9.77. The number of aromatic nitrogens is 2. The number of thioether (sulfide) groups is 1. The molecule has 6 rings (SSSR count). The van der Waals surface area contributed by atoms with Crippen molar-refractivity contribution in [2.45, 2.75) is 57.1 Å². The fourth-order valence-corrected chi connectivity index (χ4v) is 7.23. The molecule has 1 aromatic heterocycles. The zero-order chi connectivity index (χ0) is 17.9. The highest BCUT2D eigenvalue weighted by atomic mass is 32.2. The molecule has 1 aromatic rings. The van der Waals surface area contributed by atoms with Crippen LogP contribution >= 0.6 is 11.8 Å². The molecule has 5 nitrogen and oxygen atoms in total. The van der Waals surface area contributed by atoms with Crippen LogP contribution in [0.4, 0.5) is 5.82 Å². The van der Waals surface area contributed by atoms with Crippen molar-refractivity contribution in [1.29, 1.82) is 5.26 Å². The average molecular weight is 369 g/mol. The number of carbonyl (C=O) groups is 1. The summed E-state index contributed by atoms with van der Waals surface area (Å²) in [6.45, 7) is 2.93. The zero-order valence-corrected chi connectivity index (χ0v) is 15.9. The van der Waals surface area contributed by atoms with Gasteiger partial charge in [0.15, 0.2) is 16.7 Å². The largest absolute Gasteiger partial charge is 0.308 e. The monoisotopic (exact) mass is 368 g/mol. The van der Waals surface area contributed by atoms with Crippen LogP contribution in [0.1, 0.15) is 51.1 Å². The lowest BCUT2D eigenvalue weighted by molar-refractivity contribution is -0.112. The van der Waals surface area contributed by atoms with Gasteiger partial charge in [-0.1, -0.05) is 17.3 Å². The summed E-state index contributed by atoms with van der Waals surface area (Å²) in [6, 6.07) is 2.19. The number of allylic oxidation sites excluding steroid dienone is 1. The molecule has 0 unspecified atom stereocenters. The predicted octanol–water partition coefficient (Wildman–Crippen LogP) is 3.96. The minimum atomic E-state index is -0.142. The van der Waals surface area contributed by atoms with Crippen LogP contribution in [0.15, 0.2) is 16.8 Å². The quantitative estimate of drug-likeness (QED) is 0.820. The Morgan fingerprint density at radius 1 is 1.31 bits per heavy atom. The number of anilines is 1.